The van der Waals surface area contributed by atoms with Crippen LogP contribution in [0.1, 0.15) is 43.3 Å². The minimum atomic E-state index is -4.15. The van der Waals surface area contributed by atoms with E-state index in [2.05, 4.69) is 17.2 Å². The van der Waals surface area contributed by atoms with Crippen LogP contribution in [0.4, 0.5) is 0 Å². The molecule has 0 unspecified atom stereocenters. The van der Waals surface area contributed by atoms with E-state index in [1.807, 2.05) is 12.3 Å². The van der Waals surface area contributed by atoms with Gasteiger partial charge in [-0.25, -0.2) is 4.98 Å². The number of aromatic nitrogens is 1. The topological polar surface area (TPSA) is 82.5 Å². The van der Waals surface area contributed by atoms with Crippen LogP contribution in [0.15, 0.2) is 5.38 Å². The van der Waals surface area contributed by atoms with Gasteiger partial charge >= 0.3 is 7.60 Å². The molecular formula is C13H23N2O3PS. The lowest BCUT2D eigenvalue weighted by Crippen LogP contribution is -2.48. The molecule has 1 aliphatic rings. The molecular weight excluding hydrogens is 295 g/mol. The fraction of sp³-hybridized carbons (Fsp3) is 0.769. The largest absolute Gasteiger partial charge is 0.345 e. The summed E-state index contributed by atoms with van der Waals surface area (Å²) in [6.45, 7) is 4.58. The molecule has 0 aromatic carbocycles. The van der Waals surface area contributed by atoms with Crippen molar-refractivity contribution in [2.24, 2.45) is 5.92 Å². The Morgan fingerprint density at radius 1 is 1.60 bits per heavy atom. The highest BCUT2D eigenvalue weighted by atomic mass is 32.1. The number of rotatable bonds is 5. The predicted octanol–water partition coefficient (Wildman–Crippen LogP) is 2.67. The van der Waals surface area contributed by atoms with E-state index < -0.39 is 12.9 Å². The number of nitrogens with one attached hydrogen (secondary N) is 1. The van der Waals surface area contributed by atoms with Gasteiger partial charge in [-0.2, -0.15) is 0 Å². The van der Waals surface area contributed by atoms with Gasteiger partial charge in [-0.05, 0) is 25.7 Å². The van der Waals surface area contributed by atoms with E-state index in [4.69, 9.17) is 0 Å². The number of nitrogens with zero attached hydrogens (tertiary/aromatic N) is 1. The Morgan fingerprint density at radius 3 is 2.90 bits per heavy atom. The molecule has 1 aromatic rings. The van der Waals surface area contributed by atoms with Crippen molar-refractivity contribution in [3.05, 3.63) is 16.1 Å². The van der Waals surface area contributed by atoms with Gasteiger partial charge in [-0.1, -0.05) is 19.8 Å². The van der Waals surface area contributed by atoms with Crippen LogP contribution in [0.3, 0.4) is 0 Å². The lowest BCUT2D eigenvalue weighted by Gasteiger charge is -2.41. The van der Waals surface area contributed by atoms with E-state index in [0.717, 1.165) is 23.5 Å². The standard InChI is InChI=1S/C13H23N2O3PS/c1-10-4-3-6-13(8-10,19(16,17)18)14-7-5-12-15-11(2)9-20-12/h9-10,14H,3-8H2,1-2H3,(H2,16,17,18)/t10-,13-/m0/s1. The highest BCUT2D eigenvalue weighted by molar-refractivity contribution is 7.53. The van der Waals surface area contributed by atoms with Gasteiger partial charge in [0, 0.05) is 24.0 Å². The number of aryl methyl sites for hydroxylation is 1. The maximum Gasteiger partial charge on any atom is 0.345 e. The van der Waals surface area contributed by atoms with Gasteiger partial charge in [-0.3, -0.25) is 4.57 Å². The summed E-state index contributed by atoms with van der Waals surface area (Å²) in [5, 5.41) is 5.15. The van der Waals surface area contributed by atoms with E-state index in [1.54, 1.807) is 11.3 Å². The Hall–Kier alpha value is -0.260. The Kier molecular flexibility index (Phi) is 5.03. The molecule has 5 nitrogen and oxygen atoms in total. The predicted molar refractivity (Wildman–Crippen MR) is 81.0 cm³/mol. The first-order chi connectivity index (χ1) is 9.32. The second-order valence-corrected chi connectivity index (χ2v) is 8.72. The van der Waals surface area contributed by atoms with Crippen LogP contribution in [0.5, 0.6) is 0 Å². The molecule has 1 aliphatic carbocycles. The molecule has 0 bridgehead atoms. The van der Waals surface area contributed by atoms with Crippen molar-refractivity contribution in [3.8, 4) is 0 Å². The van der Waals surface area contributed by atoms with Gasteiger partial charge in [0.05, 0.1) is 5.01 Å². The highest BCUT2D eigenvalue weighted by Gasteiger charge is 2.48. The van der Waals surface area contributed by atoms with Gasteiger partial charge in [-0.15, -0.1) is 11.3 Å². The van der Waals surface area contributed by atoms with Crippen LogP contribution in [0.2, 0.25) is 0 Å². The zero-order valence-electron chi connectivity index (χ0n) is 12.0. The summed E-state index contributed by atoms with van der Waals surface area (Å²) in [5.41, 5.74) is 1.00. The minimum absolute atomic E-state index is 0.353. The molecule has 3 N–H and O–H groups in total. The molecule has 114 valence electrons. The average Bonchev–Trinajstić information content (AvgIpc) is 2.74. The van der Waals surface area contributed by atoms with E-state index in [9.17, 15) is 14.4 Å². The zero-order valence-corrected chi connectivity index (χ0v) is 13.7. The van der Waals surface area contributed by atoms with Crippen LogP contribution in [-0.4, -0.2) is 26.6 Å². The Morgan fingerprint density at radius 2 is 2.35 bits per heavy atom. The summed E-state index contributed by atoms with van der Waals surface area (Å²) in [6, 6.07) is 0. The molecule has 2 rings (SSSR count). The van der Waals surface area contributed by atoms with Crippen LogP contribution in [0, 0.1) is 12.8 Å². The lowest BCUT2D eigenvalue weighted by molar-refractivity contribution is 0.212. The van der Waals surface area contributed by atoms with Crippen molar-refractivity contribution in [1.29, 1.82) is 0 Å². The van der Waals surface area contributed by atoms with E-state index >= 15 is 0 Å². The summed E-state index contributed by atoms with van der Waals surface area (Å²) in [7, 11) is -4.15. The summed E-state index contributed by atoms with van der Waals surface area (Å²) >= 11 is 1.60. The summed E-state index contributed by atoms with van der Waals surface area (Å²) < 4.78 is 11.9. The molecule has 2 atom stereocenters. The van der Waals surface area contributed by atoms with E-state index in [1.165, 1.54) is 0 Å². The zero-order chi connectivity index (χ0) is 14.8. The molecule has 0 spiro atoms. The minimum Gasteiger partial charge on any atom is -0.323 e. The molecule has 1 heterocycles. The van der Waals surface area contributed by atoms with E-state index in [0.29, 0.717) is 31.7 Å². The van der Waals surface area contributed by atoms with Gasteiger partial charge in [0.1, 0.15) is 5.28 Å². The molecule has 0 aliphatic heterocycles. The second kappa shape index (κ2) is 6.24. The summed E-state index contributed by atoms with van der Waals surface area (Å²) in [6.07, 6.45) is 3.74. The molecule has 1 aromatic heterocycles. The molecule has 20 heavy (non-hydrogen) atoms. The van der Waals surface area contributed by atoms with Gasteiger partial charge < -0.3 is 15.1 Å². The van der Waals surface area contributed by atoms with Crippen molar-refractivity contribution in [2.75, 3.05) is 6.54 Å². The van der Waals surface area contributed by atoms with Crippen LogP contribution in [0.25, 0.3) is 0 Å². The number of thiazole rings is 1. The number of hydrogen-bond donors (Lipinski definition) is 3. The lowest BCUT2D eigenvalue weighted by atomic mass is 9.86. The normalized spacial score (nSPS) is 27.7. The maximum absolute atomic E-state index is 11.9. The third-order valence-corrected chi connectivity index (χ3v) is 6.70. The van der Waals surface area contributed by atoms with Gasteiger partial charge in [0.2, 0.25) is 0 Å². The molecule has 0 amide bonds. The van der Waals surface area contributed by atoms with E-state index in [-0.39, 0.29) is 0 Å². The first-order valence-electron chi connectivity index (χ1n) is 7.04. The summed E-state index contributed by atoms with van der Waals surface area (Å²) in [5.74, 6) is 0.353. The van der Waals surface area contributed by atoms with Crippen LogP contribution in [-0.2, 0) is 11.0 Å². The van der Waals surface area contributed by atoms with Crippen molar-refractivity contribution < 1.29 is 14.4 Å². The SMILES string of the molecule is Cc1csc(CCN[C@]2(P(=O)(O)O)CCC[C@H](C)C2)n1. The molecule has 7 heteroatoms. The van der Waals surface area contributed by atoms with Gasteiger partial charge in [0.15, 0.2) is 0 Å². The van der Waals surface area contributed by atoms with Crippen molar-refractivity contribution in [2.45, 2.75) is 51.2 Å². The first kappa shape index (κ1) is 16.1. The third-order valence-electron chi connectivity index (χ3n) is 3.99. The summed E-state index contributed by atoms with van der Waals surface area (Å²) in [4.78, 5) is 23.9. The fourth-order valence-electron chi connectivity index (χ4n) is 2.97. The monoisotopic (exact) mass is 318 g/mol. The van der Waals surface area contributed by atoms with Crippen LogP contribution < -0.4 is 5.32 Å². The van der Waals surface area contributed by atoms with Gasteiger partial charge in [0.25, 0.3) is 0 Å². The first-order valence-corrected chi connectivity index (χ1v) is 9.53. The quantitative estimate of drug-likeness (QED) is 0.727. The molecule has 1 fully saturated rings. The second-order valence-electron chi connectivity index (χ2n) is 5.84. The number of hydrogen-bond acceptors (Lipinski definition) is 4. The Balaban J connectivity index is 2.00. The fourth-order valence-corrected chi connectivity index (χ4v) is 5.06. The highest BCUT2D eigenvalue weighted by Crippen LogP contribution is 2.56. The average molecular weight is 318 g/mol. The molecule has 0 radical (unpaired) electrons. The maximum atomic E-state index is 11.9. The third kappa shape index (κ3) is 3.68. The smallest absolute Gasteiger partial charge is 0.323 e. The van der Waals surface area contributed by atoms with Crippen LogP contribution >= 0.6 is 18.9 Å². The molecule has 0 saturated heterocycles. The molecule has 1 saturated carbocycles. The van der Waals surface area contributed by atoms with Crippen molar-refractivity contribution in [1.82, 2.24) is 10.3 Å². The Labute approximate surface area is 124 Å². The van der Waals surface area contributed by atoms with Crippen molar-refractivity contribution in [3.63, 3.8) is 0 Å². The van der Waals surface area contributed by atoms with Crippen molar-refractivity contribution >= 4 is 18.9 Å². The Bertz CT molecular complexity index is 502.